The van der Waals surface area contributed by atoms with Gasteiger partial charge in [-0.05, 0) is 12.1 Å². The maximum atomic E-state index is 11.8. The fourth-order valence-electron chi connectivity index (χ4n) is 1.39. The summed E-state index contributed by atoms with van der Waals surface area (Å²) in [5.74, 6) is 0. The molecule has 0 aliphatic heterocycles. The first kappa shape index (κ1) is 13.7. The number of hydrogen-bond acceptors (Lipinski definition) is 2. The molecule has 2 aromatic rings. The van der Waals surface area contributed by atoms with Crippen molar-refractivity contribution in [3.63, 3.8) is 0 Å². The summed E-state index contributed by atoms with van der Waals surface area (Å²) in [5.41, 5.74) is 0.119. The third-order valence-corrected chi connectivity index (χ3v) is 3.77. The van der Waals surface area contributed by atoms with Gasteiger partial charge in [0.05, 0.1) is 17.8 Å². The van der Waals surface area contributed by atoms with Gasteiger partial charge < -0.3 is 0 Å². The molecular weight excluding hydrogens is 318 g/mol. The SMILES string of the molecule is O=c1c(Cl)c(Cl)cnn1Cc1c(Cl)cccc1Cl. The third kappa shape index (κ3) is 2.64. The first-order valence-electron chi connectivity index (χ1n) is 4.84. The molecular formula is C11H6Cl4N2O. The molecule has 3 nitrogen and oxygen atoms in total. The van der Waals surface area contributed by atoms with Gasteiger partial charge in [-0.15, -0.1) is 0 Å². The summed E-state index contributed by atoms with van der Waals surface area (Å²) < 4.78 is 1.15. The first-order chi connectivity index (χ1) is 8.50. The smallest absolute Gasteiger partial charge is 0.266 e. The van der Waals surface area contributed by atoms with Crippen LogP contribution in [0.1, 0.15) is 5.56 Å². The van der Waals surface area contributed by atoms with Gasteiger partial charge in [0.2, 0.25) is 0 Å². The zero-order chi connectivity index (χ0) is 13.3. The van der Waals surface area contributed by atoms with Gasteiger partial charge in [0, 0.05) is 15.6 Å². The number of benzene rings is 1. The van der Waals surface area contributed by atoms with E-state index < -0.39 is 5.56 Å². The van der Waals surface area contributed by atoms with Gasteiger partial charge in [-0.1, -0.05) is 52.5 Å². The normalized spacial score (nSPS) is 10.7. The average Bonchev–Trinajstić information content (AvgIpc) is 2.34. The van der Waals surface area contributed by atoms with E-state index in [1.807, 2.05) is 0 Å². The molecule has 0 aliphatic carbocycles. The summed E-state index contributed by atoms with van der Waals surface area (Å²) in [4.78, 5) is 11.8. The molecule has 0 spiro atoms. The molecule has 0 fully saturated rings. The molecule has 0 N–H and O–H groups in total. The second-order valence-electron chi connectivity index (χ2n) is 3.47. The summed E-state index contributed by atoms with van der Waals surface area (Å²) in [6, 6.07) is 5.09. The summed E-state index contributed by atoms with van der Waals surface area (Å²) in [5, 5.41) is 4.85. The van der Waals surface area contributed by atoms with Crippen LogP contribution in [-0.2, 0) is 6.54 Å². The van der Waals surface area contributed by atoms with Gasteiger partial charge >= 0.3 is 0 Å². The molecule has 1 aromatic carbocycles. The highest BCUT2D eigenvalue weighted by molar-refractivity contribution is 6.41. The molecule has 7 heteroatoms. The first-order valence-corrected chi connectivity index (χ1v) is 6.36. The monoisotopic (exact) mass is 322 g/mol. The molecule has 18 heavy (non-hydrogen) atoms. The van der Waals surface area contributed by atoms with Crippen molar-refractivity contribution >= 4 is 46.4 Å². The molecule has 0 bridgehead atoms. The van der Waals surface area contributed by atoms with Crippen molar-refractivity contribution in [2.24, 2.45) is 0 Å². The Morgan fingerprint density at radius 3 is 2.28 bits per heavy atom. The van der Waals surface area contributed by atoms with E-state index in [1.165, 1.54) is 6.20 Å². The van der Waals surface area contributed by atoms with Gasteiger partial charge in [0.25, 0.3) is 5.56 Å². The fourth-order valence-corrected chi connectivity index (χ4v) is 2.18. The molecule has 94 valence electrons. The zero-order valence-electron chi connectivity index (χ0n) is 8.83. The second-order valence-corrected chi connectivity index (χ2v) is 5.07. The quantitative estimate of drug-likeness (QED) is 0.840. The van der Waals surface area contributed by atoms with Gasteiger partial charge in [0.15, 0.2) is 0 Å². The van der Waals surface area contributed by atoms with E-state index in [0.29, 0.717) is 15.6 Å². The van der Waals surface area contributed by atoms with Crippen LogP contribution in [-0.4, -0.2) is 9.78 Å². The minimum absolute atomic E-state index is 0.0742. The van der Waals surface area contributed by atoms with E-state index in [2.05, 4.69) is 5.10 Å². The van der Waals surface area contributed by atoms with Gasteiger partial charge in [-0.3, -0.25) is 4.79 Å². The highest BCUT2D eigenvalue weighted by Gasteiger charge is 2.11. The van der Waals surface area contributed by atoms with Crippen molar-refractivity contribution in [1.29, 1.82) is 0 Å². The number of halogens is 4. The maximum Gasteiger partial charge on any atom is 0.287 e. The van der Waals surface area contributed by atoms with E-state index in [0.717, 1.165) is 4.68 Å². The molecule has 2 rings (SSSR count). The van der Waals surface area contributed by atoms with Crippen molar-refractivity contribution < 1.29 is 0 Å². The summed E-state index contributed by atoms with van der Waals surface area (Å²) in [6.07, 6.45) is 1.30. The van der Waals surface area contributed by atoms with Crippen molar-refractivity contribution in [2.75, 3.05) is 0 Å². The lowest BCUT2D eigenvalue weighted by Crippen LogP contribution is -2.24. The predicted molar refractivity (Wildman–Crippen MR) is 74.1 cm³/mol. The van der Waals surface area contributed by atoms with Crippen molar-refractivity contribution in [2.45, 2.75) is 6.54 Å². The Labute approximate surface area is 123 Å². The Bertz CT molecular complexity index is 634. The Kier molecular flexibility index (Phi) is 4.17. The van der Waals surface area contributed by atoms with Crippen LogP contribution in [0.2, 0.25) is 20.1 Å². The minimum atomic E-state index is -0.486. The standard InChI is InChI=1S/C11H6Cl4N2O/c12-7-2-1-3-8(13)6(7)5-17-11(18)10(15)9(14)4-16-17/h1-4H,5H2. The van der Waals surface area contributed by atoms with Crippen molar-refractivity contribution in [1.82, 2.24) is 9.78 Å². The molecule has 0 unspecified atom stereocenters. The lowest BCUT2D eigenvalue weighted by Gasteiger charge is -2.08. The Morgan fingerprint density at radius 2 is 1.67 bits per heavy atom. The number of aromatic nitrogens is 2. The van der Waals surface area contributed by atoms with Crippen molar-refractivity contribution in [3.05, 3.63) is 60.4 Å². The molecule has 0 aliphatic rings. The van der Waals surface area contributed by atoms with E-state index in [1.54, 1.807) is 18.2 Å². The second kappa shape index (κ2) is 5.49. The summed E-state index contributed by atoms with van der Waals surface area (Å²) in [7, 11) is 0. The number of hydrogen-bond donors (Lipinski definition) is 0. The largest absolute Gasteiger partial charge is 0.287 e. The highest BCUT2D eigenvalue weighted by atomic mass is 35.5. The Morgan fingerprint density at radius 1 is 1.06 bits per heavy atom. The van der Waals surface area contributed by atoms with Gasteiger partial charge in [0.1, 0.15) is 5.02 Å². The minimum Gasteiger partial charge on any atom is -0.266 e. The lowest BCUT2D eigenvalue weighted by atomic mass is 10.2. The number of rotatable bonds is 2. The highest BCUT2D eigenvalue weighted by Crippen LogP contribution is 2.25. The van der Waals surface area contributed by atoms with Crippen LogP contribution in [0.3, 0.4) is 0 Å². The van der Waals surface area contributed by atoms with E-state index >= 15 is 0 Å². The van der Waals surface area contributed by atoms with Crippen molar-refractivity contribution in [3.8, 4) is 0 Å². The zero-order valence-corrected chi connectivity index (χ0v) is 11.9. The Balaban J connectivity index is 2.47. The van der Waals surface area contributed by atoms with Crippen LogP contribution in [0.5, 0.6) is 0 Å². The number of nitrogens with zero attached hydrogens (tertiary/aromatic N) is 2. The lowest BCUT2D eigenvalue weighted by molar-refractivity contribution is 0.639. The summed E-state index contributed by atoms with van der Waals surface area (Å²) in [6.45, 7) is 0.133. The van der Waals surface area contributed by atoms with Crippen LogP contribution in [0.25, 0.3) is 0 Å². The van der Waals surface area contributed by atoms with Crippen LogP contribution >= 0.6 is 46.4 Å². The maximum absolute atomic E-state index is 11.8. The van der Waals surface area contributed by atoms with E-state index in [4.69, 9.17) is 46.4 Å². The van der Waals surface area contributed by atoms with E-state index in [-0.39, 0.29) is 16.6 Å². The van der Waals surface area contributed by atoms with Gasteiger partial charge in [-0.25, -0.2) is 4.68 Å². The van der Waals surface area contributed by atoms with Crippen LogP contribution in [0, 0.1) is 0 Å². The molecule has 1 heterocycles. The molecule has 0 saturated carbocycles. The Hall–Kier alpha value is -0.740. The fraction of sp³-hybridized carbons (Fsp3) is 0.0909. The summed E-state index contributed by atoms with van der Waals surface area (Å²) >= 11 is 23.5. The third-order valence-electron chi connectivity index (χ3n) is 2.31. The topological polar surface area (TPSA) is 34.9 Å². The van der Waals surface area contributed by atoms with Crippen LogP contribution in [0.4, 0.5) is 0 Å². The molecule has 0 atom stereocenters. The van der Waals surface area contributed by atoms with Crippen LogP contribution < -0.4 is 5.56 Å². The predicted octanol–water partition coefficient (Wildman–Crippen LogP) is 3.91. The molecule has 0 saturated heterocycles. The van der Waals surface area contributed by atoms with E-state index in [9.17, 15) is 4.79 Å². The molecule has 0 amide bonds. The van der Waals surface area contributed by atoms with Gasteiger partial charge in [-0.2, -0.15) is 5.10 Å². The molecule has 1 aromatic heterocycles. The molecule has 0 radical (unpaired) electrons. The average molecular weight is 324 g/mol. The van der Waals surface area contributed by atoms with Crippen LogP contribution in [0.15, 0.2) is 29.2 Å².